The number of fused-ring (bicyclic) bond motifs is 3. The Kier molecular flexibility index (Phi) is 7.86. The molecule has 1 atom stereocenters. The Morgan fingerprint density at radius 3 is 2.46 bits per heavy atom. The SMILES string of the molecule is COc1c(C(=O)NCC2CCN(C(=O)OC(C)(C)C)C2)sc2c1c(=O)n(CC(=O)c1ccccc1)c1ccccc21. The third-order valence-electron chi connectivity index (χ3n) is 7.06. The number of carbonyl (C=O) groups is 3. The standard InChI is InChI=1S/C31H33N3O6S/c1-31(2,3)40-30(38)33-15-14-19(17-33)16-32-28(36)27-25(39-4)24-26(41-27)21-12-8-9-13-22(21)34(29(24)37)18-23(35)20-10-6-5-7-11-20/h5-13,19H,14-18H2,1-4H3,(H,32,36). The van der Waals surface area contributed by atoms with Crippen LogP contribution in [-0.2, 0) is 11.3 Å². The molecule has 1 aliphatic rings. The normalized spacial score (nSPS) is 15.3. The molecule has 0 bridgehead atoms. The Morgan fingerprint density at radius 2 is 1.76 bits per heavy atom. The van der Waals surface area contributed by atoms with Gasteiger partial charge in [-0.2, -0.15) is 0 Å². The molecule has 1 saturated heterocycles. The summed E-state index contributed by atoms with van der Waals surface area (Å²) in [6, 6.07) is 16.2. The largest absolute Gasteiger partial charge is 0.494 e. The molecule has 2 aromatic heterocycles. The van der Waals surface area contributed by atoms with Crippen molar-refractivity contribution < 1.29 is 23.9 Å². The first-order chi connectivity index (χ1) is 19.6. The van der Waals surface area contributed by atoms with E-state index in [4.69, 9.17) is 9.47 Å². The van der Waals surface area contributed by atoms with E-state index in [2.05, 4.69) is 5.32 Å². The predicted molar refractivity (Wildman–Crippen MR) is 159 cm³/mol. The third-order valence-corrected chi connectivity index (χ3v) is 8.26. The number of Topliss-reactive ketones (excluding diaryl/α,β-unsaturated/α-hetero) is 1. The van der Waals surface area contributed by atoms with Gasteiger partial charge in [-0.1, -0.05) is 48.5 Å². The van der Waals surface area contributed by atoms with Crippen LogP contribution in [0.15, 0.2) is 59.4 Å². The van der Waals surface area contributed by atoms with E-state index in [9.17, 15) is 19.2 Å². The molecule has 41 heavy (non-hydrogen) atoms. The Hall–Kier alpha value is -4.18. The number of methoxy groups -OCH3 is 1. The summed E-state index contributed by atoms with van der Waals surface area (Å²) in [5, 5.41) is 4.01. The van der Waals surface area contributed by atoms with Crippen LogP contribution in [0.2, 0.25) is 0 Å². The van der Waals surface area contributed by atoms with Crippen LogP contribution < -0.4 is 15.6 Å². The van der Waals surface area contributed by atoms with E-state index in [-0.39, 0.29) is 46.9 Å². The Morgan fingerprint density at radius 1 is 1.05 bits per heavy atom. The van der Waals surface area contributed by atoms with E-state index in [0.29, 0.717) is 40.3 Å². The minimum absolute atomic E-state index is 0.0777. The number of carbonyl (C=O) groups excluding carboxylic acids is 3. The van der Waals surface area contributed by atoms with Gasteiger partial charge in [-0.05, 0) is 39.2 Å². The zero-order chi connectivity index (χ0) is 29.3. The molecule has 2 amide bonds. The van der Waals surface area contributed by atoms with Crippen LogP contribution in [0.25, 0.3) is 21.0 Å². The van der Waals surface area contributed by atoms with Gasteiger partial charge in [0.25, 0.3) is 11.5 Å². The molecule has 9 nitrogen and oxygen atoms in total. The summed E-state index contributed by atoms with van der Waals surface area (Å²) < 4.78 is 13.2. The quantitative estimate of drug-likeness (QED) is 0.308. The van der Waals surface area contributed by atoms with E-state index in [1.54, 1.807) is 35.2 Å². The summed E-state index contributed by atoms with van der Waals surface area (Å²) in [6.45, 7) is 6.77. The van der Waals surface area contributed by atoms with Crippen molar-refractivity contribution in [2.75, 3.05) is 26.7 Å². The van der Waals surface area contributed by atoms with Crippen molar-refractivity contribution in [3.05, 3.63) is 75.4 Å². The first-order valence-electron chi connectivity index (χ1n) is 13.5. The number of rotatable bonds is 7. The van der Waals surface area contributed by atoms with Gasteiger partial charge in [0.15, 0.2) is 11.5 Å². The lowest BCUT2D eigenvalue weighted by Crippen LogP contribution is -2.36. The van der Waals surface area contributed by atoms with Gasteiger partial charge in [0.1, 0.15) is 15.9 Å². The summed E-state index contributed by atoms with van der Waals surface area (Å²) in [7, 11) is 1.43. The number of thiophene rings is 1. The van der Waals surface area contributed by atoms with Crippen molar-refractivity contribution in [2.24, 2.45) is 5.92 Å². The number of pyridine rings is 1. The van der Waals surface area contributed by atoms with Gasteiger partial charge in [0.05, 0.1) is 23.9 Å². The van der Waals surface area contributed by atoms with E-state index < -0.39 is 5.60 Å². The molecule has 0 saturated carbocycles. The third kappa shape index (κ3) is 5.83. The summed E-state index contributed by atoms with van der Waals surface area (Å²) in [6.07, 6.45) is 0.389. The summed E-state index contributed by atoms with van der Waals surface area (Å²) in [4.78, 5) is 54.7. The molecule has 214 valence electrons. The fraction of sp³-hybridized carbons (Fsp3) is 0.355. The number of para-hydroxylation sites is 1. The van der Waals surface area contributed by atoms with Crippen LogP contribution in [0.5, 0.6) is 5.75 Å². The van der Waals surface area contributed by atoms with Gasteiger partial charge in [-0.25, -0.2) is 4.79 Å². The number of ketones is 1. The zero-order valence-electron chi connectivity index (χ0n) is 23.6. The molecule has 1 aliphatic heterocycles. The monoisotopic (exact) mass is 575 g/mol. The second-order valence-electron chi connectivity index (χ2n) is 11.2. The van der Waals surface area contributed by atoms with Crippen molar-refractivity contribution in [3.63, 3.8) is 0 Å². The molecule has 1 N–H and O–H groups in total. The van der Waals surface area contributed by atoms with Crippen LogP contribution in [-0.4, -0.2) is 59.6 Å². The molecule has 1 unspecified atom stereocenters. The molecule has 3 heterocycles. The number of benzene rings is 2. The summed E-state index contributed by atoms with van der Waals surface area (Å²) in [5.41, 5.74) is 0.161. The van der Waals surface area contributed by atoms with Crippen LogP contribution in [0.3, 0.4) is 0 Å². The number of hydrogen-bond donors (Lipinski definition) is 1. The van der Waals surface area contributed by atoms with Crippen molar-refractivity contribution in [1.29, 1.82) is 0 Å². The molecule has 5 rings (SSSR count). The number of amides is 2. The second-order valence-corrected chi connectivity index (χ2v) is 12.2. The fourth-order valence-corrected chi connectivity index (χ4v) is 6.33. The summed E-state index contributed by atoms with van der Waals surface area (Å²) in [5.74, 6) is -0.273. The second kappa shape index (κ2) is 11.4. The van der Waals surface area contributed by atoms with E-state index in [0.717, 1.165) is 11.8 Å². The number of nitrogens with one attached hydrogen (secondary N) is 1. The molecule has 1 fully saturated rings. The van der Waals surface area contributed by atoms with Gasteiger partial charge < -0.3 is 19.7 Å². The van der Waals surface area contributed by atoms with Crippen LogP contribution >= 0.6 is 11.3 Å². The fourth-order valence-electron chi connectivity index (χ4n) is 5.11. The Labute approximate surface area is 241 Å². The van der Waals surface area contributed by atoms with Gasteiger partial charge in [-0.15, -0.1) is 11.3 Å². The van der Waals surface area contributed by atoms with Crippen LogP contribution in [0, 0.1) is 5.92 Å². The highest BCUT2D eigenvalue weighted by atomic mass is 32.1. The van der Waals surface area contributed by atoms with Gasteiger partial charge in [0.2, 0.25) is 0 Å². The molecule has 0 radical (unpaired) electrons. The average Bonchev–Trinajstić information content (AvgIpc) is 3.59. The number of ether oxygens (including phenoxy) is 2. The zero-order valence-corrected chi connectivity index (χ0v) is 24.4. The van der Waals surface area contributed by atoms with Crippen LogP contribution in [0.4, 0.5) is 4.79 Å². The summed E-state index contributed by atoms with van der Waals surface area (Å²) >= 11 is 1.20. The van der Waals surface area contributed by atoms with Crippen LogP contribution in [0.1, 0.15) is 47.2 Å². The molecule has 0 aliphatic carbocycles. The maximum absolute atomic E-state index is 13.8. The Balaban J connectivity index is 1.42. The highest BCUT2D eigenvalue weighted by molar-refractivity contribution is 7.22. The van der Waals surface area contributed by atoms with Crippen molar-refractivity contribution >= 4 is 50.1 Å². The highest BCUT2D eigenvalue weighted by Gasteiger charge is 2.31. The molecule has 4 aromatic rings. The number of hydrogen-bond acceptors (Lipinski definition) is 7. The molecule has 0 spiro atoms. The van der Waals surface area contributed by atoms with Crippen molar-refractivity contribution in [3.8, 4) is 5.75 Å². The first kappa shape index (κ1) is 28.4. The van der Waals surface area contributed by atoms with Gasteiger partial charge in [-0.3, -0.25) is 19.0 Å². The van der Waals surface area contributed by atoms with E-state index in [1.165, 1.54) is 23.0 Å². The maximum atomic E-state index is 13.8. The predicted octanol–water partition coefficient (Wildman–Crippen LogP) is 5.09. The van der Waals surface area contributed by atoms with Gasteiger partial charge in [0, 0.05) is 30.6 Å². The van der Waals surface area contributed by atoms with Gasteiger partial charge >= 0.3 is 6.09 Å². The molecular weight excluding hydrogens is 542 g/mol. The van der Waals surface area contributed by atoms with E-state index >= 15 is 0 Å². The lowest BCUT2D eigenvalue weighted by molar-refractivity contribution is 0.0288. The highest BCUT2D eigenvalue weighted by Crippen LogP contribution is 2.39. The van der Waals surface area contributed by atoms with E-state index in [1.807, 2.05) is 45.0 Å². The number of nitrogens with zero attached hydrogens (tertiary/aromatic N) is 2. The Bertz CT molecular complexity index is 1690. The maximum Gasteiger partial charge on any atom is 0.410 e. The molecular formula is C31H33N3O6S. The van der Waals surface area contributed by atoms with Crippen molar-refractivity contribution in [2.45, 2.75) is 39.3 Å². The smallest absolute Gasteiger partial charge is 0.410 e. The average molecular weight is 576 g/mol. The lowest BCUT2D eigenvalue weighted by atomic mass is 10.1. The number of likely N-dealkylation sites (tertiary alicyclic amines) is 1. The lowest BCUT2D eigenvalue weighted by Gasteiger charge is -2.24. The minimum atomic E-state index is -0.571. The molecule has 2 aromatic carbocycles. The minimum Gasteiger partial charge on any atom is -0.494 e. The number of aromatic nitrogens is 1. The van der Waals surface area contributed by atoms with Crippen molar-refractivity contribution in [1.82, 2.24) is 14.8 Å². The first-order valence-corrected chi connectivity index (χ1v) is 14.4. The topological polar surface area (TPSA) is 107 Å². The molecule has 10 heteroatoms.